The van der Waals surface area contributed by atoms with E-state index in [1.165, 1.54) is 0 Å². The van der Waals surface area contributed by atoms with Crippen molar-refractivity contribution < 1.29 is 27.9 Å². The molecule has 4 rings (SSSR count). The molecule has 2 aliphatic rings. The third-order valence-corrected chi connectivity index (χ3v) is 8.17. The molecule has 0 bridgehead atoms. The summed E-state index contributed by atoms with van der Waals surface area (Å²) in [6.45, 7) is 0.173. The fourth-order valence-corrected chi connectivity index (χ4v) is 6.58. The first-order valence-electron chi connectivity index (χ1n) is 12.7. The van der Waals surface area contributed by atoms with Crippen molar-refractivity contribution in [2.45, 2.75) is 62.6 Å². The zero-order valence-corrected chi connectivity index (χ0v) is 22.7. The first-order valence-corrected chi connectivity index (χ1v) is 15.0. The Balaban J connectivity index is 1.82. The van der Waals surface area contributed by atoms with Gasteiger partial charge in [-0.05, 0) is 48.6 Å². The molecule has 38 heavy (non-hydrogen) atoms. The van der Waals surface area contributed by atoms with Crippen molar-refractivity contribution in [2.75, 3.05) is 12.8 Å². The number of nitrogens with one attached hydrogen (secondary N) is 2. The van der Waals surface area contributed by atoms with Crippen LogP contribution in [-0.2, 0) is 19.6 Å². The van der Waals surface area contributed by atoms with Crippen molar-refractivity contribution in [2.24, 2.45) is 0 Å². The Morgan fingerprint density at radius 3 is 2.45 bits per heavy atom. The normalized spacial score (nSPS) is 23.5. The van der Waals surface area contributed by atoms with Gasteiger partial charge in [-0.25, -0.2) is 13.1 Å². The van der Waals surface area contributed by atoms with E-state index >= 15 is 0 Å². The molecule has 0 unspecified atom stereocenters. The highest BCUT2D eigenvalue weighted by Crippen LogP contribution is 2.46. The zero-order chi connectivity index (χ0) is 27.4. The molecule has 0 spiro atoms. The van der Waals surface area contributed by atoms with Crippen molar-refractivity contribution >= 4 is 39.4 Å². The van der Waals surface area contributed by atoms with Gasteiger partial charge in [0.05, 0.1) is 18.2 Å². The zero-order valence-electron chi connectivity index (χ0n) is 21.1. The van der Waals surface area contributed by atoms with Gasteiger partial charge in [-0.3, -0.25) is 14.4 Å². The number of fused-ring (bicyclic) bond motifs is 1. The van der Waals surface area contributed by atoms with Crippen LogP contribution in [0, 0.1) is 0 Å². The molecule has 2 aromatic carbocycles. The predicted molar refractivity (Wildman–Crippen MR) is 143 cm³/mol. The van der Waals surface area contributed by atoms with E-state index in [1.807, 2.05) is 0 Å². The Morgan fingerprint density at radius 1 is 1.08 bits per heavy atom. The summed E-state index contributed by atoms with van der Waals surface area (Å²) in [5, 5.41) is 12.3. The number of halogens is 1. The largest absolute Gasteiger partial charge is 0.481 e. The second-order valence-electron chi connectivity index (χ2n) is 9.91. The molecule has 0 saturated heterocycles. The van der Waals surface area contributed by atoms with Crippen LogP contribution in [-0.4, -0.2) is 61.1 Å². The monoisotopic (exact) mass is 561 g/mol. The number of nitrogens with zero attached hydrogens (tertiary/aromatic N) is 1. The standard InChI is InChI=1S/C27H32ClN3O6S/c1-38(36,37)30-21-9-4-5-10-22(21)31-25(17-12-14-18(28)15-13-17)24(26(34)29-16-6-11-23(32)33)19-7-2-3-8-20(19)27(31)35/h2-3,7-8,12-15,21-22,24-25,30H,4-6,9-11,16H2,1H3,(H,29,34)(H,32,33)/t21-,22-,24+,25-/m0/s1. The lowest BCUT2D eigenvalue weighted by Crippen LogP contribution is -2.59. The first-order chi connectivity index (χ1) is 18.1. The van der Waals surface area contributed by atoms with E-state index in [0.29, 0.717) is 34.6 Å². The molecule has 2 aromatic rings. The Labute approximate surface area is 227 Å². The molecule has 4 atom stereocenters. The summed E-state index contributed by atoms with van der Waals surface area (Å²) in [5.74, 6) is -2.33. The molecule has 0 radical (unpaired) electrons. The SMILES string of the molecule is CS(=O)(=O)N[C@H]1CCCC[C@@H]1N1C(=O)c2ccccc2[C@@H](C(=O)NCCCC(=O)O)[C@@H]1c1ccc(Cl)cc1. The van der Waals surface area contributed by atoms with Crippen LogP contribution in [0.15, 0.2) is 48.5 Å². The second kappa shape index (κ2) is 11.8. The highest BCUT2D eigenvalue weighted by Gasteiger charge is 2.48. The van der Waals surface area contributed by atoms with Crippen LogP contribution in [0.5, 0.6) is 0 Å². The summed E-state index contributed by atoms with van der Waals surface area (Å²) in [4.78, 5) is 40.5. The number of carbonyl (C=O) groups is 3. The minimum atomic E-state index is -3.55. The third-order valence-electron chi connectivity index (χ3n) is 7.19. The maximum atomic E-state index is 14.1. The number of hydrogen-bond donors (Lipinski definition) is 3. The second-order valence-corrected chi connectivity index (χ2v) is 12.1. The lowest BCUT2D eigenvalue weighted by atomic mass is 9.76. The maximum Gasteiger partial charge on any atom is 0.303 e. The van der Waals surface area contributed by atoms with Gasteiger partial charge in [0.1, 0.15) is 0 Å². The minimum Gasteiger partial charge on any atom is -0.481 e. The van der Waals surface area contributed by atoms with Crippen molar-refractivity contribution in [1.29, 1.82) is 0 Å². The number of amides is 2. The van der Waals surface area contributed by atoms with Crippen molar-refractivity contribution in [3.63, 3.8) is 0 Å². The lowest BCUT2D eigenvalue weighted by Gasteiger charge is -2.49. The number of carboxylic acid groups (broad SMARTS) is 1. The quantitative estimate of drug-likeness (QED) is 0.402. The molecular weight excluding hydrogens is 530 g/mol. The minimum absolute atomic E-state index is 0.0757. The summed E-state index contributed by atoms with van der Waals surface area (Å²) >= 11 is 6.17. The van der Waals surface area contributed by atoms with Crippen LogP contribution in [0.1, 0.15) is 72.0 Å². The van der Waals surface area contributed by atoms with Gasteiger partial charge in [-0.15, -0.1) is 0 Å². The molecule has 204 valence electrons. The van der Waals surface area contributed by atoms with E-state index in [9.17, 15) is 22.8 Å². The Kier molecular flexibility index (Phi) is 8.74. The Morgan fingerprint density at radius 2 is 1.76 bits per heavy atom. The van der Waals surface area contributed by atoms with Gasteiger partial charge in [-0.1, -0.05) is 54.8 Å². The first kappa shape index (κ1) is 28.1. The molecule has 1 fully saturated rings. The summed E-state index contributed by atoms with van der Waals surface area (Å²) in [7, 11) is -3.55. The summed E-state index contributed by atoms with van der Waals surface area (Å²) in [6.07, 6.45) is 4.09. The number of carboxylic acids is 1. The van der Waals surface area contributed by atoms with E-state index in [2.05, 4.69) is 10.0 Å². The average molecular weight is 562 g/mol. The van der Waals surface area contributed by atoms with E-state index in [0.717, 1.165) is 19.1 Å². The summed E-state index contributed by atoms with van der Waals surface area (Å²) in [5.41, 5.74) is 1.67. The maximum absolute atomic E-state index is 14.1. The lowest BCUT2D eigenvalue weighted by molar-refractivity contribution is -0.137. The van der Waals surface area contributed by atoms with Gasteiger partial charge in [0, 0.05) is 35.6 Å². The molecule has 1 heterocycles. The van der Waals surface area contributed by atoms with Crippen LogP contribution in [0.25, 0.3) is 0 Å². The molecule has 1 aliphatic carbocycles. The van der Waals surface area contributed by atoms with Gasteiger partial charge in [0.25, 0.3) is 5.91 Å². The van der Waals surface area contributed by atoms with Crippen molar-refractivity contribution in [3.05, 3.63) is 70.2 Å². The van der Waals surface area contributed by atoms with Gasteiger partial charge >= 0.3 is 5.97 Å². The Hall–Kier alpha value is -2.95. The van der Waals surface area contributed by atoms with Crippen LogP contribution in [0.2, 0.25) is 5.02 Å². The molecular formula is C27H32ClN3O6S. The topological polar surface area (TPSA) is 133 Å². The molecule has 3 N–H and O–H groups in total. The van der Waals surface area contributed by atoms with Crippen LogP contribution in [0.3, 0.4) is 0 Å². The number of carbonyl (C=O) groups excluding carboxylic acids is 2. The van der Waals surface area contributed by atoms with Gasteiger partial charge in [0.2, 0.25) is 15.9 Å². The van der Waals surface area contributed by atoms with E-state index in [1.54, 1.807) is 53.4 Å². The molecule has 11 heteroatoms. The van der Waals surface area contributed by atoms with Crippen molar-refractivity contribution in [1.82, 2.24) is 14.9 Å². The summed E-state index contributed by atoms with van der Waals surface area (Å²) < 4.78 is 27.2. The number of benzene rings is 2. The van der Waals surface area contributed by atoms with Gasteiger partial charge < -0.3 is 15.3 Å². The van der Waals surface area contributed by atoms with Crippen LogP contribution in [0.4, 0.5) is 0 Å². The van der Waals surface area contributed by atoms with Crippen LogP contribution >= 0.6 is 11.6 Å². The Bertz CT molecular complexity index is 1300. The van der Waals surface area contributed by atoms with E-state index < -0.39 is 40.0 Å². The van der Waals surface area contributed by atoms with Crippen LogP contribution < -0.4 is 10.0 Å². The van der Waals surface area contributed by atoms with Gasteiger partial charge in [-0.2, -0.15) is 0 Å². The summed E-state index contributed by atoms with van der Waals surface area (Å²) in [6, 6.07) is 12.3. The smallest absolute Gasteiger partial charge is 0.303 e. The molecule has 9 nitrogen and oxygen atoms in total. The molecule has 0 aromatic heterocycles. The highest BCUT2D eigenvalue weighted by molar-refractivity contribution is 7.88. The predicted octanol–water partition coefficient (Wildman–Crippen LogP) is 3.46. The molecule has 1 saturated carbocycles. The van der Waals surface area contributed by atoms with E-state index in [-0.39, 0.29) is 31.2 Å². The van der Waals surface area contributed by atoms with Crippen molar-refractivity contribution in [3.8, 4) is 0 Å². The fourth-order valence-electron chi connectivity index (χ4n) is 5.63. The number of sulfonamides is 1. The van der Waals surface area contributed by atoms with Gasteiger partial charge in [0.15, 0.2) is 0 Å². The molecule has 2 amide bonds. The fraction of sp³-hybridized carbons (Fsp3) is 0.444. The number of hydrogen-bond acceptors (Lipinski definition) is 5. The molecule has 1 aliphatic heterocycles. The average Bonchev–Trinajstić information content (AvgIpc) is 2.86. The number of aliphatic carboxylic acids is 1. The highest BCUT2D eigenvalue weighted by atomic mass is 35.5. The third kappa shape index (κ3) is 6.36. The number of rotatable bonds is 9. The van der Waals surface area contributed by atoms with E-state index in [4.69, 9.17) is 16.7 Å².